The molecular weight excluding hydrogens is 415 g/mol. The van der Waals surface area contributed by atoms with Crippen LogP contribution in [0.25, 0.3) is 27.9 Å². The van der Waals surface area contributed by atoms with Gasteiger partial charge in [0.2, 0.25) is 0 Å². The second kappa shape index (κ2) is 16.5. The van der Waals surface area contributed by atoms with Crippen molar-refractivity contribution in [3.63, 3.8) is 0 Å². The molecule has 0 aliphatic heterocycles. The molecule has 0 saturated heterocycles. The Kier molecular flexibility index (Phi) is 14.9. The number of aldehydes is 1. The molecule has 33 heavy (non-hydrogen) atoms. The van der Waals surface area contributed by atoms with E-state index in [4.69, 9.17) is 10.2 Å². The summed E-state index contributed by atoms with van der Waals surface area (Å²) >= 11 is 0. The number of carbonyl (C=O) groups excluding carboxylic acids is 1. The zero-order chi connectivity index (χ0) is 25.4. The lowest BCUT2D eigenvalue weighted by Gasteiger charge is -2.06. The van der Waals surface area contributed by atoms with Crippen molar-refractivity contribution < 1.29 is 13.6 Å². The molecule has 3 rings (SSSR count). The lowest BCUT2D eigenvalue weighted by Crippen LogP contribution is -1.93. The van der Waals surface area contributed by atoms with E-state index in [2.05, 4.69) is 19.2 Å². The summed E-state index contributed by atoms with van der Waals surface area (Å²) in [5.41, 5.74) is 10.1. The molecule has 0 fully saturated rings. The number of fused-ring (bicyclic) bond motifs is 1. The number of anilines is 1. The van der Waals surface area contributed by atoms with Gasteiger partial charge in [-0.2, -0.15) is 0 Å². The Morgan fingerprint density at radius 3 is 2.09 bits per heavy atom. The van der Waals surface area contributed by atoms with Gasteiger partial charge in [0.15, 0.2) is 6.29 Å². The molecule has 0 amide bonds. The second-order valence-corrected chi connectivity index (χ2v) is 6.86. The van der Waals surface area contributed by atoms with Crippen LogP contribution in [0.1, 0.15) is 63.9 Å². The summed E-state index contributed by atoms with van der Waals surface area (Å²) in [5.74, 6) is 0.0673. The first-order valence-electron chi connectivity index (χ1n) is 11.4. The Morgan fingerprint density at radius 2 is 1.64 bits per heavy atom. The fourth-order valence-corrected chi connectivity index (χ4v) is 2.88. The average molecular weight is 455 g/mol. The van der Waals surface area contributed by atoms with Crippen LogP contribution in [0.15, 0.2) is 59.0 Å². The van der Waals surface area contributed by atoms with E-state index in [-0.39, 0.29) is 5.82 Å². The molecular formula is C28H39FN2O2. The molecule has 0 unspecified atom stereocenters. The second-order valence-electron chi connectivity index (χ2n) is 6.86. The number of furan rings is 1. The summed E-state index contributed by atoms with van der Waals surface area (Å²) in [6.07, 6.45) is 7.85. The van der Waals surface area contributed by atoms with Gasteiger partial charge in [-0.1, -0.05) is 52.3 Å². The molecule has 1 aromatic heterocycles. The highest BCUT2D eigenvalue weighted by Crippen LogP contribution is 2.36. The van der Waals surface area contributed by atoms with Gasteiger partial charge in [-0.25, -0.2) is 4.39 Å². The standard InChI is InChI=1S/C21H18FNO2.C3H8.C2H7N.C2H6/c1-3-5-13(4-2)16-10-17-18(12-24)21(25-20(17)11-19(16)23)14-6-8-15(22)9-7-14;2*1-3-2;1-2/h3-12H,23H2,1-2H3;3H2,1-2H3;3H,1-2H3;1-2H3/b5-3-,13-4+;;;. The Hall–Kier alpha value is -3.18. The maximum absolute atomic E-state index is 13.2. The minimum atomic E-state index is -0.344. The van der Waals surface area contributed by atoms with Gasteiger partial charge in [0.05, 0.1) is 5.56 Å². The van der Waals surface area contributed by atoms with Crippen molar-refractivity contribution in [3.05, 3.63) is 71.6 Å². The number of rotatable bonds is 4. The van der Waals surface area contributed by atoms with Crippen LogP contribution < -0.4 is 11.1 Å². The van der Waals surface area contributed by atoms with Crippen LogP contribution in [0.4, 0.5) is 10.1 Å². The Bertz CT molecular complexity index is 1030. The first-order chi connectivity index (χ1) is 15.9. The van der Waals surface area contributed by atoms with E-state index >= 15 is 0 Å². The molecule has 0 saturated carbocycles. The predicted molar refractivity (Wildman–Crippen MR) is 142 cm³/mol. The van der Waals surface area contributed by atoms with Crippen molar-refractivity contribution in [3.8, 4) is 11.3 Å². The highest BCUT2D eigenvalue weighted by molar-refractivity contribution is 6.05. The van der Waals surface area contributed by atoms with Gasteiger partial charge in [-0.15, -0.1) is 0 Å². The predicted octanol–water partition coefficient (Wildman–Crippen LogP) is 7.89. The van der Waals surface area contributed by atoms with Crippen LogP contribution >= 0.6 is 0 Å². The molecule has 0 aliphatic carbocycles. The molecule has 4 nitrogen and oxygen atoms in total. The number of nitrogen functional groups attached to an aromatic ring is 1. The topological polar surface area (TPSA) is 68.3 Å². The molecule has 0 atom stereocenters. The molecule has 1 heterocycles. The maximum Gasteiger partial charge on any atom is 0.154 e. The first kappa shape index (κ1) is 29.8. The minimum absolute atomic E-state index is 0.344. The molecule has 0 bridgehead atoms. The zero-order valence-electron chi connectivity index (χ0n) is 21.3. The molecule has 2 aromatic carbocycles. The third-order valence-corrected chi connectivity index (χ3v) is 4.09. The van der Waals surface area contributed by atoms with E-state index in [1.54, 1.807) is 18.2 Å². The van der Waals surface area contributed by atoms with Gasteiger partial charge in [-0.3, -0.25) is 4.79 Å². The van der Waals surface area contributed by atoms with Crippen LogP contribution in [0.5, 0.6) is 0 Å². The van der Waals surface area contributed by atoms with Crippen molar-refractivity contribution in [2.24, 2.45) is 0 Å². The monoisotopic (exact) mass is 454 g/mol. The number of hydrogen-bond acceptors (Lipinski definition) is 4. The number of hydrogen-bond donors (Lipinski definition) is 2. The summed E-state index contributed by atoms with van der Waals surface area (Å²) in [7, 11) is 3.75. The minimum Gasteiger partial charge on any atom is -0.455 e. The van der Waals surface area contributed by atoms with Crippen LogP contribution in [-0.2, 0) is 0 Å². The smallest absolute Gasteiger partial charge is 0.154 e. The van der Waals surface area contributed by atoms with E-state index in [0.29, 0.717) is 33.5 Å². The lowest BCUT2D eigenvalue weighted by atomic mass is 9.99. The third-order valence-electron chi connectivity index (χ3n) is 4.09. The number of nitrogens with two attached hydrogens (primary N) is 1. The summed E-state index contributed by atoms with van der Waals surface area (Å²) in [6, 6.07) is 9.42. The third kappa shape index (κ3) is 8.35. The van der Waals surface area contributed by atoms with Crippen LogP contribution in [-0.4, -0.2) is 20.4 Å². The van der Waals surface area contributed by atoms with Gasteiger partial charge in [0.25, 0.3) is 0 Å². The number of carbonyl (C=O) groups is 1. The normalized spacial score (nSPS) is 10.5. The molecule has 3 N–H and O–H groups in total. The quantitative estimate of drug-likeness (QED) is 0.239. The maximum atomic E-state index is 13.2. The van der Waals surface area contributed by atoms with Gasteiger partial charge >= 0.3 is 0 Å². The highest BCUT2D eigenvalue weighted by atomic mass is 19.1. The van der Waals surface area contributed by atoms with E-state index in [1.807, 2.05) is 66.1 Å². The number of benzene rings is 2. The van der Waals surface area contributed by atoms with Gasteiger partial charge in [0.1, 0.15) is 17.2 Å². The molecule has 3 aromatic rings. The Labute approximate surface area is 198 Å². The Balaban J connectivity index is 0.00000113. The van der Waals surface area contributed by atoms with Crippen LogP contribution in [0.3, 0.4) is 0 Å². The summed E-state index contributed by atoms with van der Waals surface area (Å²) in [6.45, 7) is 12.1. The van der Waals surface area contributed by atoms with Crippen molar-refractivity contribution in [1.82, 2.24) is 5.32 Å². The van der Waals surface area contributed by atoms with E-state index in [1.165, 1.54) is 18.6 Å². The van der Waals surface area contributed by atoms with Crippen LogP contribution in [0.2, 0.25) is 0 Å². The molecule has 5 heteroatoms. The van der Waals surface area contributed by atoms with Crippen molar-refractivity contribution in [2.75, 3.05) is 19.8 Å². The van der Waals surface area contributed by atoms with Crippen molar-refractivity contribution >= 4 is 28.5 Å². The molecule has 0 spiro atoms. The number of allylic oxidation sites excluding steroid dienone is 4. The summed E-state index contributed by atoms with van der Waals surface area (Å²) < 4.78 is 19.0. The average Bonchev–Trinajstić information content (AvgIpc) is 3.17. The Morgan fingerprint density at radius 1 is 1.09 bits per heavy atom. The molecule has 0 radical (unpaired) electrons. The van der Waals surface area contributed by atoms with Crippen LogP contribution in [0, 0.1) is 5.82 Å². The van der Waals surface area contributed by atoms with E-state index in [0.717, 1.165) is 17.4 Å². The first-order valence-corrected chi connectivity index (χ1v) is 11.4. The van der Waals surface area contributed by atoms with E-state index in [9.17, 15) is 9.18 Å². The SMILES string of the molecule is C/C=C\C(=C/C)c1cc2c(C=O)c(-c3ccc(F)cc3)oc2cc1N.CC.CCC.CNC. The van der Waals surface area contributed by atoms with Gasteiger partial charge in [0, 0.05) is 28.3 Å². The number of halogens is 1. The number of nitrogens with one attached hydrogen (secondary N) is 1. The lowest BCUT2D eigenvalue weighted by molar-refractivity contribution is 0.112. The van der Waals surface area contributed by atoms with Crippen molar-refractivity contribution in [2.45, 2.75) is 48.0 Å². The van der Waals surface area contributed by atoms with Gasteiger partial charge in [-0.05, 0) is 63.8 Å². The summed E-state index contributed by atoms with van der Waals surface area (Å²) in [5, 5.41) is 3.43. The van der Waals surface area contributed by atoms with Gasteiger partial charge < -0.3 is 15.5 Å². The fourth-order valence-electron chi connectivity index (χ4n) is 2.88. The molecule has 180 valence electrons. The zero-order valence-corrected chi connectivity index (χ0v) is 21.3. The highest BCUT2D eigenvalue weighted by Gasteiger charge is 2.18. The molecule has 0 aliphatic rings. The van der Waals surface area contributed by atoms with E-state index < -0.39 is 0 Å². The van der Waals surface area contributed by atoms with Crippen molar-refractivity contribution in [1.29, 1.82) is 0 Å². The fraction of sp³-hybridized carbons (Fsp3) is 0.321. The summed E-state index contributed by atoms with van der Waals surface area (Å²) in [4.78, 5) is 11.7. The largest absolute Gasteiger partial charge is 0.455 e.